The summed E-state index contributed by atoms with van der Waals surface area (Å²) in [6.07, 6.45) is 1.79. The van der Waals surface area contributed by atoms with Crippen molar-refractivity contribution < 1.29 is 9.59 Å². The number of hydrogen-bond acceptors (Lipinski definition) is 2. The van der Waals surface area contributed by atoms with Crippen molar-refractivity contribution in [3.8, 4) is 0 Å². The van der Waals surface area contributed by atoms with Crippen LogP contribution >= 0.6 is 0 Å². The number of benzene rings is 1. The van der Waals surface area contributed by atoms with Gasteiger partial charge in [0.15, 0.2) is 0 Å². The minimum atomic E-state index is -0.329. The highest BCUT2D eigenvalue weighted by molar-refractivity contribution is 6.03. The Hall–Kier alpha value is -1.84. The van der Waals surface area contributed by atoms with E-state index in [0.717, 1.165) is 37.2 Å². The van der Waals surface area contributed by atoms with Crippen LogP contribution in [-0.2, 0) is 9.59 Å². The second kappa shape index (κ2) is 5.41. The van der Waals surface area contributed by atoms with Crippen molar-refractivity contribution in [1.82, 2.24) is 4.90 Å². The van der Waals surface area contributed by atoms with Crippen LogP contribution in [0.15, 0.2) is 24.3 Å². The number of hydrogen-bond donors (Lipinski definition) is 1. The van der Waals surface area contributed by atoms with Crippen LogP contribution in [0.4, 0.5) is 5.69 Å². The first-order valence-corrected chi connectivity index (χ1v) is 8.07. The molecule has 4 nitrogen and oxygen atoms in total. The summed E-state index contributed by atoms with van der Waals surface area (Å²) in [5, 5.41) is 2.98. The Morgan fingerprint density at radius 1 is 1.18 bits per heavy atom. The Kier molecular flexibility index (Phi) is 3.71. The van der Waals surface area contributed by atoms with Crippen molar-refractivity contribution in [2.75, 3.05) is 18.4 Å². The molecule has 0 bridgehead atoms. The molecule has 2 aliphatic heterocycles. The summed E-state index contributed by atoms with van der Waals surface area (Å²) in [7, 11) is 0. The largest absolute Gasteiger partial charge is 0.342 e. The highest BCUT2D eigenvalue weighted by Crippen LogP contribution is 2.41. The number of nitrogens with zero attached hydrogens (tertiary/aromatic N) is 1. The molecule has 2 amide bonds. The van der Waals surface area contributed by atoms with E-state index in [9.17, 15) is 9.59 Å². The van der Waals surface area contributed by atoms with Gasteiger partial charge in [0, 0.05) is 24.2 Å². The van der Waals surface area contributed by atoms with E-state index < -0.39 is 0 Å². The summed E-state index contributed by atoms with van der Waals surface area (Å²) < 4.78 is 0. The molecule has 0 radical (unpaired) electrons. The third kappa shape index (κ3) is 2.62. The molecule has 3 rings (SSSR count). The topological polar surface area (TPSA) is 49.4 Å². The van der Waals surface area contributed by atoms with Gasteiger partial charge in [0.25, 0.3) is 0 Å². The first-order valence-electron chi connectivity index (χ1n) is 8.07. The average Bonchev–Trinajstić information content (AvgIpc) is 2.81. The van der Waals surface area contributed by atoms with E-state index in [1.807, 2.05) is 49.9 Å². The number of likely N-dealkylation sites (tertiary alicyclic amines) is 1. The maximum absolute atomic E-state index is 12.4. The second-order valence-electron chi connectivity index (χ2n) is 7.43. The standard InChI is InChI=1S/C18H24N2O2/c1-18(2,3)17(22)20-10-8-12(9-11-20)15-13-6-4-5-7-14(13)19-16(15)21/h4-7,12,15H,8-11H2,1-3H3,(H,19,21). The maximum atomic E-state index is 12.4. The highest BCUT2D eigenvalue weighted by Gasteiger charge is 2.39. The number of piperidine rings is 1. The summed E-state index contributed by atoms with van der Waals surface area (Å²) in [5.74, 6) is 0.597. The molecular formula is C18H24N2O2. The average molecular weight is 300 g/mol. The predicted octanol–water partition coefficient (Wildman–Crippen LogP) is 3.01. The Labute approximate surface area is 131 Å². The maximum Gasteiger partial charge on any atom is 0.232 e. The molecule has 2 aliphatic rings. The summed E-state index contributed by atoms with van der Waals surface area (Å²) in [5.41, 5.74) is 1.74. The van der Waals surface area contributed by atoms with Crippen LogP contribution in [0.5, 0.6) is 0 Å². The number of amides is 2. The fraction of sp³-hybridized carbons (Fsp3) is 0.556. The Bertz CT molecular complexity index is 595. The van der Waals surface area contributed by atoms with Gasteiger partial charge in [-0.25, -0.2) is 0 Å². The Morgan fingerprint density at radius 2 is 1.82 bits per heavy atom. The van der Waals surface area contributed by atoms with Gasteiger partial charge in [-0.3, -0.25) is 9.59 Å². The van der Waals surface area contributed by atoms with Crippen molar-refractivity contribution in [3.05, 3.63) is 29.8 Å². The summed E-state index contributed by atoms with van der Waals surface area (Å²) in [6, 6.07) is 7.95. The number of nitrogens with one attached hydrogen (secondary N) is 1. The zero-order valence-electron chi connectivity index (χ0n) is 13.6. The summed E-state index contributed by atoms with van der Waals surface area (Å²) in [4.78, 5) is 26.6. The van der Waals surface area contributed by atoms with Crippen molar-refractivity contribution in [2.24, 2.45) is 11.3 Å². The van der Waals surface area contributed by atoms with Crippen LogP contribution in [0.25, 0.3) is 0 Å². The molecule has 1 aromatic rings. The monoisotopic (exact) mass is 300 g/mol. The van der Waals surface area contributed by atoms with Crippen LogP contribution in [0.3, 0.4) is 0 Å². The number of carbonyl (C=O) groups excluding carboxylic acids is 2. The molecule has 4 heteroatoms. The van der Waals surface area contributed by atoms with E-state index in [0.29, 0.717) is 5.92 Å². The minimum Gasteiger partial charge on any atom is -0.342 e. The molecule has 1 atom stereocenters. The molecular weight excluding hydrogens is 276 g/mol. The van der Waals surface area contributed by atoms with Crippen LogP contribution in [0.1, 0.15) is 45.1 Å². The molecule has 0 spiro atoms. The molecule has 2 heterocycles. The van der Waals surface area contributed by atoms with Gasteiger partial charge >= 0.3 is 0 Å². The lowest BCUT2D eigenvalue weighted by Gasteiger charge is -2.37. The van der Waals surface area contributed by atoms with Crippen LogP contribution < -0.4 is 5.32 Å². The molecule has 0 aromatic heterocycles. The zero-order valence-corrected chi connectivity index (χ0v) is 13.6. The fourth-order valence-electron chi connectivity index (χ4n) is 3.61. The van der Waals surface area contributed by atoms with Crippen molar-refractivity contribution >= 4 is 17.5 Å². The molecule has 1 unspecified atom stereocenters. The molecule has 118 valence electrons. The van der Waals surface area contributed by atoms with Crippen molar-refractivity contribution in [3.63, 3.8) is 0 Å². The zero-order chi connectivity index (χ0) is 15.9. The number of rotatable bonds is 1. The van der Waals surface area contributed by atoms with E-state index in [2.05, 4.69) is 5.32 Å². The van der Waals surface area contributed by atoms with E-state index >= 15 is 0 Å². The molecule has 0 saturated carbocycles. The second-order valence-corrected chi connectivity index (χ2v) is 7.43. The third-order valence-electron chi connectivity index (χ3n) is 4.78. The molecule has 1 fully saturated rings. The van der Waals surface area contributed by atoms with Crippen LogP contribution in [0.2, 0.25) is 0 Å². The van der Waals surface area contributed by atoms with Gasteiger partial charge in [-0.2, -0.15) is 0 Å². The first kappa shape index (κ1) is 15.1. The summed E-state index contributed by atoms with van der Waals surface area (Å²) in [6.45, 7) is 7.39. The fourth-order valence-corrected chi connectivity index (χ4v) is 3.61. The number of para-hydroxylation sites is 1. The summed E-state index contributed by atoms with van der Waals surface area (Å²) >= 11 is 0. The van der Waals surface area contributed by atoms with E-state index in [-0.39, 0.29) is 23.1 Å². The van der Waals surface area contributed by atoms with Gasteiger partial charge in [-0.15, -0.1) is 0 Å². The van der Waals surface area contributed by atoms with E-state index in [1.54, 1.807) is 0 Å². The minimum absolute atomic E-state index is 0.0527. The third-order valence-corrected chi connectivity index (χ3v) is 4.78. The first-order chi connectivity index (χ1) is 10.4. The Morgan fingerprint density at radius 3 is 2.45 bits per heavy atom. The lowest BCUT2D eigenvalue weighted by molar-refractivity contribution is -0.141. The van der Waals surface area contributed by atoms with Gasteiger partial charge in [0.05, 0.1) is 5.92 Å². The predicted molar refractivity (Wildman–Crippen MR) is 86.6 cm³/mol. The quantitative estimate of drug-likeness (QED) is 0.866. The van der Waals surface area contributed by atoms with Gasteiger partial charge in [-0.05, 0) is 30.4 Å². The molecule has 1 N–H and O–H groups in total. The van der Waals surface area contributed by atoms with Gasteiger partial charge in [-0.1, -0.05) is 39.0 Å². The van der Waals surface area contributed by atoms with E-state index in [4.69, 9.17) is 0 Å². The van der Waals surface area contributed by atoms with Crippen LogP contribution in [-0.4, -0.2) is 29.8 Å². The normalized spacial score (nSPS) is 22.4. The van der Waals surface area contributed by atoms with Crippen molar-refractivity contribution in [2.45, 2.75) is 39.5 Å². The SMILES string of the molecule is CC(C)(C)C(=O)N1CCC(C2C(=O)Nc3ccccc32)CC1. The number of anilines is 1. The molecule has 1 saturated heterocycles. The Balaban J connectivity index is 1.70. The molecule has 0 aliphatic carbocycles. The van der Waals surface area contributed by atoms with Gasteiger partial charge in [0.1, 0.15) is 0 Å². The highest BCUT2D eigenvalue weighted by atomic mass is 16.2. The van der Waals surface area contributed by atoms with E-state index in [1.165, 1.54) is 0 Å². The number of fused-ring (bicyclic) bond motifs is 1. The lowest BCUT2D eigenvalue weighted by atomic mass is 9.80. The van der Waals surface area contributed by atoms with Gasteiger partial charge < -0.3 is 10.2 Å². The number of carbonyl (C=O) groups is 2. The molecule has 22 heavy (non-hydrogen) atoms. The molecule has 1 aromatic carbocycles. The van der Waals surface area contributed by atoms with Gasteiger partial charge in [0.2, 0.25) is 11.8 Å². The lowest BCUT2D eigenvalue weighted by Crippen LogP contribution is -2.45. The smallest absolute Gasteiger partial charge is 0.232 e. The van der Waals surface area contributed by atoms with Crippen molar-refractivity contribution in [1.29, 1.82) is 0 Å². The van der Waals surface area contributed by atoms with Crippen LogP contribution in [0, 0.1) is 11.3 Å².